The molecule has 0 radical (unpaired) electrons. The van der Waals surface area contributed by atoms with Gasteiger partial charge in [0.2, 0.25) is 11.6 Å². The number of nitrogens with zero attached hydrogens (tertiary/aromatic N) is 4. The Morgan fingerprint density at radius 2 is 1.93 bits per heavy atom. The third-order valence-corrected chi connectivity index (χ3v) is 5.79. The number of nitrogens with one attached hydrogen (secondary N) is 1. The fourth-order valence-corrected chi connectivity index (χ4v) is 4.21. The van der Waals surface area contributed by atoms with Crippen LogP contribution in [0.15, 0.2) is 66.3 Å². The molecule has 152 valence electrons. The van der Waals surface area contributed by atoms with Gasteiger partial charge in [0.15, 0.2) is 0 Å². The van der Waals surface area contributed by atoms with Crippen molar-refractivity contribution in [1.82, 2.24) is 9.97 Å². The zero-order chi connectivity index (χ0) is 20.9. The molecule has 2 aromatic heterocycles. The minimum atomic E-state index is -0.406. The van der Waals surface area contributed by atoms with E-state index in [1.807, 2.05) is 71.8 Å². The van der Waals surface area contributed by atoms with Crippen molar-refractivity contribution >= 4 is 45.1 Å². The van der Waals surface area contributed by atoms with Crippen molar-refractivity contribution in [2.75, 3.05) is 23.3 Å². The normalized spacial score (nSPS) is 10.8. The summed E-state index contributed by atoms with van der Waals surface area (Å²) in [5.74, 6) is 0.521. The molecule has 4 rings (SSSR count). The van der Waals surface area contributed by atoms with Crippen molar-refractivity contribution in [3.05, 3.63) is 81.3 Å². The Hall–Kier alpha value is -3.52. The molecule has 8 heteroatoms. The molecular formula is C22H21N5O2S. The summed E-state index contributed by atoms with van der Waals surface area (Å²) < 4.78 is 0. The van der Waals surface area contributed by atoms with Gasteiger partial charge >= 0.3 is 5.69 Å². The van der Waals surface area contributed by atoms with E-state index in [-0.39, 0.29) is 17.3 Å². The molecule has 30 heavy (non-hydrogen) atoms. The lowest BCUT2D eigenvalue weighted by Gasteiger charge is -2.24. The van der Waals surface area contributed by atoms with Crippen LogP contribution >= 0.6 is 11.3 Å². The third kappa shape index (κ3) is 3.95. The summed E-state index contributed by atoms with van der Waals surface area (Å²) in [5, 5.41) is 19.2. The molecule has 0 saturated heterocycles. The second-order valence-corrected chi connectivity index (χ2v) is 7.68. The molecule has 0 spiro atoms. The quantitative estimate of drug-likeness (QED) is 0.304. The van der Waals surface area contributed by atoms with Crippen LogP contribution in [0, 0.1) is 10.1 Å². The van der Waals surface area contributed by atoms with Gasteiger partial charge < -0.3 is 10.2 Å². The van der Waals surface area contributed by atoms with E-state index in [0.717, 1.165) is 22.9 Å². The average Bonchev–Trinajstić information content (AvgIpc) is 3.28. The number of benzene rings is 2. The Bertz CT molecular complexity index is 1160. The average molecular weight is 420 g/mol. The molecule has 7 nitrogen and oxygen atoms in total. The number of anilines is 3. The van der Waals surface area contributed by atoms with Crippen LogP contribution < -0.4 is 10.2 Å². The van der Waals surface area contributed by atoms with E-state index in [4.69, 9.17) is 0 Å². The van der Waals surface area contributed by atoms with Crippen molar-refractivity contribution in [3.63, 3.8) is 0 Å². The number of rotatable bonds is 8. The van der Waals surface area contributed by atoms with Crippen LogP contribution in [0.3, 0.4) is 0 Å². The van der Waals surface area contributed by atoms with Gasteiger partial charge in [0.05, 0.1) is 10.6 Å². The minimum Gasteiger partial charge on any atom is -0.364 e. The smallest absolute Gasteiger partial charge is 0.353 e. The number of thiophene rings is 1. The molecule has 4 aromatic rings. The first kappa shape index (κ1) is 19.8. The van der Waals surface area contributed by atoms with E-state index in [1.165, 1.54) is 11.2 Å². The van der Waals surface area contributed by atoms with Crippen molar-refractivity contribution < 1.29 is 4.92 Å². The largest absolute Gasteiger partial charge is 0.364 e. The lowest BCUT2D eigenvalue weighted by atomic mass is 10.1. The molecule has 2 aromatic carbocycles. The predicted molar refractivity (Wildman–Crippen MR) is 122 cm³/mol. The van der Waals surface area contributed by atoms with Crippen molar-refractivity contribution in [3.8, 4) is 0 Å². The first-order valence-corrected chi connectivity index (χ1v) is 10.6. The summed E-state index contributed by atoms with van der Waals surface area (Å²) in [5.41, 5.74) is 0.764. The van der Waals surface area contributed by atoms with Crippen LogP contribution in [0.4, 0.5) is 23.0 Å². The monoisotopic (exact) mass is 419 g/mol. The number of aromatic nitrogens is 2. The highest BCUT2D eigenvalue weighted by Crippen LogP contribution is 2.38. The van der Waals surface area contributed by atoms with E-state index in [2.05, 4.69) is 15.3 Å². The predicted octanol–water partition coefficient (Wildman–Crippen LogP) is 5.41. The van der Waals surface area contributed by atoms with Gasteiger partial charge in [-0.25, -0.2) is 9.97 Å². The summed E-state index contributed by atoms with van der Waals surface area (Å²) >= 11 is 1.66. The Kier molecular flexibility index (Phi) is 5.85. The Labute approximate surface area is 178 Å². The van der Waals surface area contributed by atoms with E-state index in [9.17, 15) is 10.1 Å². The van der Waals surface area contributed by atoms with Gasteiger partial charge in [-0.05, 0) is 36.2 Å². The molecule has 0 aliphatic rings. The van der Waals surface area contributed by atoms with Gasteiger partial charge in [-0.1, -0.05) is 42.5 Å². The van der Waals surface area contributed by atoms with Gasteiger partial charge in [-0.15, -0.1) is 11.3 Å². The number of hydrogen-bond acceptors (Lipinski definition) is 7. The van der Waals surface area contributed by atoms with Crippen LogP contribution in [-0.4, -0.2) is 28.0 Å². The highest BCUT2D eigenvalue weighted by molar-refractivity contribution is 7.09. The Morgan fingerprint density at radius 1 is 1.10 bits per heavy atom. The molecule has 0 bridgehead atoms. The molecular weight excluding hydrogens is 398 g/mol. The van der Waals surface area contributed by atoms with E-state index in [1.54, 1.807) is 11.3 Å². The van der Waals surface area contributed by atoms with Crippen LogP contribution in [-0.2, 0) is 6.42 Å². The zero-order valence-electron chi connectivity index (χ0n) is 16.5. The van der Waals surface area contributed by atoms with Gasteiger partial charge in [0.25, 0.3) is 0 Å². The summed E-state index contributed by atoms with van der Waals surface area (Å²) in [7, 11) is 0. The van der Waals surface area contributed by atoms with Gasteiger partial charge in [-0.2, -0.15) is 0 Å². The second kappa shape index (κ2) is 8.87. The molecule has 0 unspecified atom stereocenters. The molecule has 0 fully saturated rings. The molecule has 1 N–H and O–H groups in total. The van der Waals surface area contributed by atoms with Crippen molar-refractivity contribution in [2.45, 2.75) is 13.3 Å². The molecule has 0 atom stereocenters. The maximum absolute atomic E-state index is 12.0. The van der Waals surface area contributed by atoms with E-state index < -0.39 is 4.92 Å². The first-order valence-electron chi connectivity index (χ1n) is 9.70. The van der Waals surface area contributed by atoms with E-state index in [0.29, 0.717) is 13.1 Å². The van der Waals surface area contributed by atoms with Gasteiger partial charge in [-0.3, -0.25) is 10.1 Å². The standard InChI is InChI=1S/C22H21N5O2S/c1-2-26(19-11-5-8-16-7-3-4-10-18(16)19)22-20(27(28)29)21(24-15-25-22)23-13-12-17-9-6-14-30-17/h3-11,14-15H,2,12-13H2,1H3,(H,23,24,25). The zero-order valence-corrected chi connectivity index (χ0v) is 17.3. The maximum Gasteiger partial charge on any atom is 0.353 e. The molecule has 0 amide bonds. The van der Waals surface area contributed by atoms with Gasteiger partial charge in [0, 0.05) is 23.4 Å². The SMILES string of the molecule is CCN(c1ncnc(NCCc2cccs2)c1[N+](=O)[O-])c1cccc2ccccc12. The Balaban J connectivity index is 1.72. The van der Waals surface area contributed by atoms with Crippen LogP contribution in [0.25, 0.3) is 10.8 Å². The summed E-state index contributed by atoms with van der Waals surface area (Å²) in [6, 6.07) is 18.0. The number of hydrogen-bond donors (Lipinski definition) is 1. The topological polar surface area (TPSA) is 84.2 Å². The highest BCUT2D eigenvalue weighted by Gasteiger charge is 2.27. The van der Waals surface area contributed by atoms with Crippen LogP contribution in [0.1, 0.15) is 11.8 Å². The molecule has 2 heterocycles. The van der Waals surface area contributed by atoms with Crippen molar-refractivity contribution in [2.24, 2.45) is 0 Å². The second-order valence-electron chi connectivity index (χ2n) is 6.65. The number of nitro groups is 1. The molecule has 0 saturated carbocycles. The van der Waals surface area contributed by atoms with Crippen LogP contribution in [0.2, 0.25) is 0 Å². The molecule has 0 aliphatic carbocycles. The fourth-order valence-electron chi connectivity index (χ4n) is 3.50. The fraction of sp³-hybridized carbons (Fsp3) is 0.182. The van der Waals surface area contributed by atoms with Gasteiger partial charge in [0.1, 0.15) is 6.33 Å². The number of fused-ring (bicyclic) bond motifs is 1. The summed E-state index contributed by atoms with van der Waals surface area (Å²) in [4.78, 5) is 23.2. The first-order chi connectivity index (χ1) is 14.7. The van der Waals surface area contributed by atoms with Crippen molar-refractivity contribution in [1.29, 1.82) is 0 Å². The minimum absolute atomic E-state index is 0.113. The lowest BCUT2D eigenvalue weighted by molar-refractivity contribution is -0.383. The highest BCUT2D eigenvalue weighted by atomic mass is 32.1. The van der Waals surface area contributed by atoms with Crippen LogP contribution in [0.5, 0.6) is 0 Å². The Morgan fingerprint density at radius 3 is 2.70 bits per heavy atom. The third-order valence-electron chi connectivity index (χ3n) is 4.86. The molecule has 0 aliphatic heterocycles. The summed E-state index contributed by atoms with van der Waals surface area (Å²) in [6.45, 7) is 3.04. The van der Waals surface area contributed by atoms with E-state index >= 15 is 0 Å². The maximum atomic E-state index is 12.0. The lowest BCUT2D eigenvalue weighted by Crippen LogP contribution is -2.20. The summed E-state index contributed by atoms with van der Waals surface area (Å²) in [6.07, 6.45) is 2.15.